The summed E-state index contributed by atoms with van der Waals surface area (Å²) >= 11 is 8.84. The van der Waals surface area contributed by atoms with Crippen molar-refractivity contribution in [2.24, 2.45) is 0 Å². The van der Waals surface area contributed by atoms with E-state index in [0.717, 1.165) is 14.6 Å². The van der Waals surface area contributed by atoms with Gasteiger partial charge in [-0.3, -0.25) is 0 Å². The van der Waals surface area contributed by atoms with E-state index < -0.39 is 0 Å². The number of nitrogens with one attached hydrogen (secondary N) is 1. The summed E-state index contributed by atoms with van der Waals surface area (Å²) in [5, 5.41) is 3.52. The summed E-state index contributed by atoms with van der Waals surface area (Å²) in [5.41, 5.74) is 2.39. The predicted octanol–water partition coefficient (Wildman–Crippen LogP) is 6.11. The summed E-state index contributed by atoms with van der Waals surface area (Å²) in [5.74, 6) is 0. The minimum Gasteiger partial charge on any atom is -0.378 e. The highest BCUT2D eigenvalue weighted by Crippen LogP contribution is 2.29. The lowest BCUT2D eigenvalue weighted by atomic mass is 10.1. The Bertz CT molecular complexity index is 555. The van der Waals surface area contributed by atoms with Crippen molar-refractivity contribution in [2.75, 3.05) is 11.6 Å². The molecular weight excluding hydrogens is 386 g/mol. The van der Waals surface area contributed by atoms with E-state index in [1.807, 2.05) is 0 Å². The van der Waals surface area contributed by atoms with Gasteiger partial charge in [-0.25, -0.2) is 0 Å². The maximum atomic E-state index is 3.61. The number of thioether (sulfide) groups is 1. The third-order valence-corrected chi connectivity index (χ3v) is 4.83. The summed E-state index contributed by atoms with van der Waals surface area (Å²) in [6.07, 6.45) is 2.09. The molecule has 0 aromatic heterocycles. The molecule has 1 N–H and O–H groups in total. The molecule has 0 aliphatic carbocycles. The molecule has 2 aromatic rings. The maximum absolute atomic E-state index is 3.61. The second-order valence-corrected chi connectivity index (χ2v) is 6.91. The van der Waals surface area contributed by atoms with Crippen molar-refractivity contribution < 1.29 is 0 Å². The van der Waals surface area contributed by atoms with Crippen LogP contribution in [0.3, 0.4) is 0 Å². The number of hydrogen-bond acceptors (Lipinski definition) is 2. The molecule has 19 heavy (non-hydrogen) atoms. The molecule has 2 aromatic carbocycles. The molecule has 1 nitrogen and oxygen atoms in total. The maximum Gasteiger partial charge on any atom is 0.0496 e. The molecule has 0 aliphatic rings. The van der Waals surface area contributed by atoms with Gasteiger partial charge in [-0.05, 0) is 55.1 Å². The Labute approximate surface area is 135 Å². The topological polar surface area (TPSA) is 12.0 Å². The Balaban J connectivity index is 2.13. The molecule has 0 saturated heterocycles. The van der Waals surface area contributed by atoms with E-state index in [1.54, 1.807) is 11.8 Å². The van der Waals surface area contributed by atoms with Crippen LogP contribution in [0.15, 0.2) is 56.3 Å². The second kappa shape index (κ2) is 6.82. The monoisotopic (exact) mass is 399 g/mol. The van der Waals surface area contributed by atoms with E-state index >= 15 is 0 Å². The van der Waals surface area contributed by atoms with Crippen molar-refractivity contribution in [3.8, 4) is 0 Å². The van der Waals surface area contributed by atoms with E-state index in [-0.39, 0.29) is 6.04 Å². The summed E-state index contributed by atoms with van der Waals surface area (Å²) in [4.78, 5) is 1.28. The van der Waals surface area contributed by atoms with Gasteiger partial charge in [-0.1, -0.05) is 37.9 Å². The van der Waals surface area contributed by atoms with Crippen LogP contribution in [0.4, 0.5) is 5.69 Å². The molecule has 0 spiro atoms. The zero-order chi connectivity index (χ0) is 13.8. The number of anilines is 1. The normalized spacial score (nSPS) is 12.2. The summed E-state index contributed by atoms with van der Waals surface area (Å²) in [6.45, 7) is 2.16. The lowest BCUT2D eigenvalue weighted by Crippen LogP contribution is -2.07. The fourth-order valence-electron chi connectivity index (χ4n) is 1.87. The van der Waals surface area contributed by atoms with E-state index in [2.05, 4.69) is 92.8 Å². The van der Waals surface area contributed by atoms with Crippen molar-refractivity contribution in [3.05, 3.63) is 57.0 Å². The van der Waals surface area contributed by atoms with E-state index in [9.17, 15) is 0 Å². The quantitative estimate of drug-likeness (QED) is 0.621. The van der Waals surface area contributed by atoms with Crippen LogP contribution in [0.1, 0.15) is 18.5 Å². The highest BCUT2D eigenvalue weighted by molar-refractivity contribution is 9.11. The van der Waals surface area contributed by atoms with Gasteiger partial charge >= 0.3 is 0 Å². The Kier molecular flexibility index (Phi) is 5.37. The van der Waals surface area contributed by atoms with E-state index in [1.165, 1.54) is 10.5 Å². The molecule has 0 aliphatic heterocycles. The van der Waals surface area contributed by atoms with Gasteiger partial charge in [0.15, 0.2) is 0 Å². The Morgan fingerprint density at radius 1 is 1.05 bits per heavy atom. The van der Waals surface area contributed by atoms with Gasteiger partial charge in [0.05, 0.1) is 0 Å². The van der Waals surface area contributed by atoms with Gasteiger partial charge in [0, 0.05) is 25.6 Å². The van der Waals surface area contributed by atoms with E-state index in [0.29, 0.717) is 0 Å². The van der Waals surface area contributed by atoms with Crippen LogP contribution in [0.2, 0.25) is 0 Å². The average molecular weight is 401 g/mol. The first kappa shape index (κ1) is 14.9. The zero-order valence-electron chi connectivity index (χ0n) is 10.8. The average Bonchev–Trinajstić information content (AvgIpc) is 2.39. The van der Waals surface area contributed by atoms with Gasteiger partial charge in [-0.2, -0.15) is 0 Å². The number of benzene rings is 2. The number of rotatable bonds is 4. The Hall–Kier alpha value is -0.450. The highest BCUT2D eigenvalue weighted by atomic mass is 79.9. The Morgan fingerprint density at radius 2 is 1.74 bits per heavy atom. The molecule has 0 saturated carbocycles. The van der Waals surface area contributed by atoms with E-state index in [4.69, 9.17) is 0 Å². The molecule has 1 atom stereocenters. The van der Waals surface area contributed by atoms with Crippen LogP contribution >= 0.6 is 43.6 Å². The molecule has 0 amide bonds. The number of hydrogen-bond donors (Lipinski definition) is 1. The van der Waals surface area contributed by atoms with Crippen LogP contribution in [0.25, 0.3) is 0 Å². The molecule has 0 bridgehead atoms. The molecule has 1 unspecified atom stereocenters. The fraction of sp³-hybridized carbons (Fsp3) is 0.200. The number of halogens is 2. The lowest BCUT2D eigenvalue weighted by molar-refractivity contribution is 0.878. The molecule has 2 rings (SSSR count). The van der Waals surface area contributed by atoms with Gasteiger partial charge in [0.1, 0.15) is 0 Å². The molecule has 4 heteroatoms. The van der Waals surface area contributed by atoms with Crippen molar-refractivity contribution in [1.29, 1.82) is 0 Å². The largest absolute Gasteiger partial charge is 0.378 e. The van der Waals surface area contributed by atoms with Crippen LogP contribution < -0.4 is 5.32 Å². The van der Waals surface area contributed by atoms with Gasteiger partial charge in [0.2, 0.25) is 0 Å². The van der Waals surface area contributed by atoms with Crippen LogP contribution in [-0.4, -0.2) is 6.26 Å². The molecular formula is C15H15Br2NS. The first-order valence-corrected chi connectivity index (χ1v) is 8.77. The minimum absolute atomic E-state index is 0.252. The second-order valence-electron chi connectivity index (χ2n) is 4.26. The Morgan fingerprint density at radius 3 is 2.32 bits per heavy atom. The summed E-state index contributed by atoms with van der Waals surface area (Å²) in [6, 6.07) is 15.0. The van der Waals surface area contributed by atoms with Crippen molar-refractivity contribution in [1.82, 2.24) is 0 Å². The lowest BCUT2D eigenvalue weighted by Gasteiger charge is -2.17. The zero-order valence-corrected chi connectivity index (χ0v) is 14.8. The van der Waals surface area contributed by atoms with Crippen LogP contribution in [0, 0.1) is 0 Å². The molecule has 0 heterocycles. The molecule has 100 valence electrons. The summed E-state index contributed by atoms with van der Waals surface area (Å²) < 4.78 is 2.20. The van der Waals surface area contributed by atoms with Gasteiger partial charge < -0.3 is 5.32 Å². The highest BCUT2D eigenvalue weighted by Gasteiger charge is 2.09. The van der Waals surface area contributed by atoms with Crippen molar-refractivity contribution in [2.45, 2.75) is 17.9 Å². The van der Waals surface area contributed by atoms with Crippen molar-refractivity contribution >= 4 is 49.3 Å². The van der Waals surface area contributed by atoms with Crippen molar-refractivity contribution in [3.63, 3.8) is 0 Å². The first-order chi connectivity index (χ1) is 9.10. The van der Waals surface area contributed by atoms with Gasteiger partial charge in [0.25, 0.3) is 0 Å². The van der Waals surface area contributed by atoms with Gasteiger partial charge in [-0.15, -0.1) is 11.8 Å². The van der Waals surface area contributed by atoms with Crippen LogP contribution in [-0.2, 0) is 0 Å². The summed E-state index contributed by atoms with van der Waals surface area (Å²) in [7, 11) is 0. The standard InChI is InChI=1S/C15H15Br2NS/c1-10(14-8-3-11(16)9-15(14)17)18-12-4-6-13(19-2)7-5-12/h3-10,18H,1-2H3. The van der Waals surface area contributed by atoms with Crippen LogP contribution in [0.5, 0.6) is 0 Å². The SMILES string of the molecule is CSc1ccc(NC(C)c2ccc(Br)cc2Br)cc1. The minimum atomic E-state index is 0.252. The molecule has 0 fully saturated rings. The first-order valence-electron chi connectivity index (χ1n) is 5.95. The third kappa shape index (κ3) is 4.01. The fourth-order valence-corrected chi connectivity index (χ4v) is 3.67. The third-order valence-electron chi connectivity index (χ3n) is 2.90. The predicted molar refractivity (Wildman–Crippen MR) is 92.1 cm³/mol. The smallest absolute Gasteiger partial charge is 0.0496 e. The molecule has 0 radical (unpaired) electrons.